The van der Waals surface area contributed by atoms with E-state index >= 15 is 0 Å². The van der Waals surface area contributed by atoms with Crippen molar-refractivity contribution in [3.05, 3.63) is 34.9 Å². The summed E-state index contributed by atoms with van der Waals surface area (Å²) in [5.41, 5.74) is 0.550. The summed E-state index contributed by atoms with van der Waals surface area (Å²) < 4.78 is 1.12. The van der Waals surface area contributed by atoms with E-state index in [4.69, 9.17) is 11.6 Å². The van der Waals surface area contributed by atoms with Crippen molar-refractivity contribution in [2.45, 2.75) is 12.8 Å². The van der Waals surface area contributed by atoms with Gasteiger partial charge in [-0.15, -0.1) is 0 Å². The average molecular weight is 338 g/mol. The minimum Gasteiger partial charge on any atom is -0.352 e. The number of hydrogen-bond donors (Lipinski definition) is 1. The Hall–Kier alpha value is -0.290. The van der Waals surface area contributed by atoms with Crippen LogP contribution in [0, 0.1) is 0 Å². The van der Waals surface area contributed by atoms with E-state index in [-0.39, 0.29) is 5.91 Å². The van der Waals surface area contributed by atoms with Crippen molar-refractivity contribution in [3.8, 4) is 0 Å². The summed E-state index contributed by atoms with van der Waals surface area (Å²) in [6, 6.07) is 7.08. The number of hydrogen-bond acceptors (Lipinski definition) is 1. The van der Waals surface area contributed by atoms with Gasteiger partial charge in [-0.2, -0.15) is 0 Å². The number of rotatable bonds is 5. The highest BCUT2D eigenvalue weighted by Crippen LogP contribution is 2.14. The maximum Gasteiger partial charge on any atom is 0.252 e. The molecule has 0 bridgehead atoms. The predicted molar refractivity (Wildman–Crippen MR) is 71.9 cm³/mol. The van der Waals surface area contributed by atoms with Gasteiger partial charge >= 0.3 is 0 Å². The maximum atomic E-state index is 11.6. The van der Waals surface area contributed by atoms with E-state index in [1.807, 2.05) is 12.1 Å². The van der Waals surface area contributed by atoms with Gasteiger partial charge in [-0.1, -0.05) is 46.3 Å². The van der Waals surface area contributed by atoms with Crippen LogP contribution in [0.1, 0.15) is 23.2 Å². The van der Waals surface area contributed by atoms with Crippen LogP contribution in [0.15, 0.2) is 24.3 Å². The zero-order valence-corrected chi connectivity index (χ0v) is 11.2. The minimum absolute atomic E-state index is 0.0888. The van der Waals surface area contributed by atoms with Gasteiger partial charge in [0.15, 0.2) is 0 Å². The van der Waals surface area contributed by atoms with Crippen LogP contribution in [0.2, 0.25) is 5.02 Å². The van der Waals surface area contributed by atoms with Crippen LogP contribution in [-0.4, -0.2) is 16.9 Å². The summed E-state index contributed by atoms with van der Waals surface area (Å²) in [6.45, 7) is 0.715. The fraction of sp³-hybridized carbons (Fsp3) is 0.364. The molecule has 0 fully saturated rings. The summed E-state index contributed by atoms with van der Waals surface area (Å²) in [4.78, 5) is 11.6. The third kappa shape index (κ3) is 4.38. The lowest BCUT2D eigenvalue weighted by Gasteiger charge is -2.05. The Labute approximate surface area is 109 Å². The van der Waals surface area contributed by atoms with E-state index in [0.717, 1.165) is 17.3 Å². The van der Waals surface area contributed by atoms with Crippen molar-refractivity contribution in [1.29, 1.82) is 0 Å². The van der Waals surface area contributed by atoms with Gasteiger partial charge in [-0.3, -0.25) is 4.79 Å². The number of carbonyl (C=O) groups excluding carboxylic acids is 1. The van der Waals surface area contributed by atoms with Crippen LogP contribution in [0.25, 0.3) is 0 Å². The zero-order valence-electron chi connectivity index (χ0n) is 8.30. The molecule has 0 unspecified atom stereocenters. The molecule has 0 spiro atoms. The smallest absolute Gasteiger partial charge is 0.252 e. The van der Waals surface area contributed by atoms with Crippen molar-refractivity contribution in [3.63, 3.8) is 0 Å². The van der Waals surface area contributed by atoms with Crippen LogP contribution in [0.4, 0.5) is 0 Å². The maximum absolute atomic E-state index is 11.6. The highest BCUT2D eigenvalue weighted by atomic mass is 127. The van der Waals surface area contributed by atoms with E-state index in [0.29, 0.717) is 17.1 Å². The van der Waals surface area contributed by atoms with E-state index in [2.05, 4.69) is 27.9 Å². The second kappa shape index (κ2) is 7.06. The molecule has 2 nitrogen and oxygen atoms in total. The number of halogens is 2. The number of alkyl halides is 1. The Morgan fingerprint density at radius 3 is 2.73 bits per heavy atom. The first-order valence-electron chi connectivity index (χ1n) is 4.84. The number of benzene rings is 1. The van der Waals surface area contributed by atoms with Gasteiger partial charge in [0.1, 0.15) is 0 Å². The zero-order chi connectivity index (χ0) is 11.1. The Balaban J connectivity index is 2.44. The molecule has 0 saturated heterocycles. The average Bonchev–Trinajstić information content (AvgIpc) is 2.25. The van der Waals surface area contributed by atoms with Crippen LogP contribution in [0.5, 0.6) is 0 Å². The molecule has 0 atom stereocenters. The molecule has 1 N–H and O–H groups in total. The van der Waals surface area contributed by atoms with Crippen LogP contribution >= 0.6 is 34.2 Å². The molecule has 1 aromatic carbocycles. The lowest BCUT2D eigenvalue weighted by atomic mass is 10.2. The summed E-state index contributed by atoms with van der Waals surface area (Å²) in [7, 11) is 0. The summed E-state index contributed by atoms with van der Waals surface area (Å²) in [6.07, 6.45) is 2.14. The Bertz CT molecular complexity index is 330. The Morgan fingerprint density at radius 1 is 1.33 bits per heavy atom. The second-order valence-corrected chi connectivity index (χ2v) is 4.62. The predicted octanol–water partition coefficient (Wildman–Crippen LogP) is 3.29. The van der Waals surface area contributed by atoms with Crippen molar-refractivity contribution < 1.29 is 4.79 Å². The van der Waals surface area contributed by atoms with Crippen LogP contribution < -0.4 is 5.32 Å². The van der Waals surface area contributed by atoms with Gasteiger partial charge in [0, 0.05) is 6.54 Å². The first kappa shape index (κ1) is 12.8. The lowest BCUT2D eigenvalue weighted by Crippen LogP contribution is -2.24. The molecular weight excluding hydrogens is 324 g/mol. The monoisotopic (exact) mass is 337 g/mol. The lowest BCUT2D eigenvalue weighted by molar-refractivity contribution is 0.0953. The Kier molecular flexibility index (Phi) is 6.02. The number of carbonyl (C=O) groups is 1. The molecule has 1 amide bonds. The molecule has 0 aliphatic rings. The van der Waals surface area contributed by atoms with Gasteiger partial charge in [0.05, 0.1) is 10.6 Å². The summed E-state index contributed by atoms with van der Waals surface area (Å²) in [5.74, 6) is -0.0888. The highest BCUT2D eigenvalue weighted by molar-refractivity contribution is 14.1. The number of unbranched alkanes of at least 4 members (excludes halogenated alkanes) is 1. The molecule has 82 valence electrons. The quantitative estimate of drug-likeness (QED) is 0.499. The van der Waals surface area contributed by atoms with E-state index in [1.165, 1.54) is 0 Å². The molecule has 0 saturated carbocycles. The minimum atomic E-state index is -0.0888. The topological polar surface area (TPSA) is 29.1 Å². The van der Waals surface area contributed by atoms with Gasteiger partial charge in [0.2, 0.25) is 0 Å². The van der Waals surface area contributed by atoms with Crippen LogP contribution in [-0.2, 0) is 0 Å². The molecule has 0 aliphatic heterocycles. The third-order valence-electron chi connectivity index (χ3n) is 1.96. The molecule has 15 heavy (non-hydrogen) atoms. The highest BCUT2D eigenvalue weighted by Gasteiger charge is 2.07. The first-order chi connectivity index (χ1) is 7.25. The van der Waals surface area contributed by atoms with Crippen LogP contribution in [0.3, 0.4) is 0 Å². The molecule has 0 aromatic heterocycles. The molecular formula is C11H13ClINO. The molecule has 0 radical (unpaired) electrons. The van der Waals surface area contributed by atoms with E-state index < -0.39 is 0 Å². The normalized spacial score (nSPS) is 10.0. The number of nitrogens with one attached hydrogen (secondary N) is 1. The molecule has 0 heterocycles. The number of amides is 1. The summed E-state index contributed by atoms with van der Waals surface area (Å²) in [5, 5.41) is 3.35. The van der Waals surface area contributed by atoms with Gasteiger partial charge in [-0.25, -0.2) is 0 Å². The fourth-order valence-corrected chi connectivity index (χ4v) is 1.92. The largest absolute Gasteiger partial charge is 0.352 e. The summed E-state index contributed by atoms with van der Waals surface area (Å²) >= 11 is 8.22. The SMILES string of the molecule is O=C(NCCCCI)c1ccccc1Cl. The Morgan fingerprint density at radius 2 is 2.07 bits per heavy atom. The second-order valence-electron chi connectivity index (χ2n) is 3.13. The van der Waals surface area contributed by atoms with Gasteiger partial charge in [-0.05, 0) is 29.4 Å². The van der Waals surface area contributed by atoms with Gasteiger partial charge in [0.25, 0.3) is 5.91 Å². The first-order valence-corrected chi connectivity index (χ1v) is 6.74. The molecule has 1 rings (SSSR count). The van der Waals surface area contributed by atoms with E-state index in [9.17, 15) is 4.79 Å². The molecule has 1 aromatic rings. The van der Waals surface area contributed by atoms with Crippen molar-refractivity contribution >= 4 is 40.1 Å². The van der Waals surface area contributed by atoms with Crippen molar-refractivity contribution in [2.24, 2.45) is 0 Å². The third-order valence-corrected chi connectivity index (χ3v) is 3.06. The standard InChI is InChI=1S/C11H13ClINO/c12-10-6-2-1-5-9(10)11(15)14-8-4-3-7-13/h1-2,5-6H,3-4,7-8H2,(H,14,15). The van der Waals surface area contributed by atoms with E-state index in [1.54, 1.807) is 12.1 Å². The fourth-order valence-electron chi connectivity index (χ4n) is 1.16. The molecule has 4 heteroatoms. The molecule has 0 aliphatic carbocycles. The van der Waals surface area contributed by atoms with Crippen molar-refractivity contribution in [1.82, 2.24) is 5.32 Å². The van der Waals surface area contributed by atoms with Crippen molar-refractivity contribution in [2.75, 3.05) is 11.0 Å². The van der Waals surface area contributed by atoms with Gasteiger partial charge < -0.3 is 5.32 Å².